The Bertz CT molecular complexity index is 363. The second-order valence-electron chi connectivity index (χ2n) is 3.10. The largest absolute Gasteiger partial charge is 0.405 e. The number of alkyl halides is 3. The lowest BCUT2D eigenvalue weighted by molar-refractivity contribution is -0.115. The molecule has 0 spiro atoms. The third-order valence-corrected chi connectivity index (χ3v) is 2.79. The average Bonchev–Trinajstić information content (AvgIpc) is 2.12. The van der Waals surface area contributed by atoms with Crippen molar-refractivity contribution in [3.63, 3.8) is 0 Å². The number of hydrogen-bond donors (Lipinski definition) is 2. The maximum Gasteiger partial charge on any atom is 0.405 e. The van der Waals surface area contributed by atoms with E-state index in [0.717, 1.165) is 10.0 Å². The van der Waals surface area contributed by atoms with Crippen LogP contribution in [0.2, 0.25) is 0 Å². The molecule has 1 aromatic carbocycles. The van der Waals surface area contributed by atoms with E-state index in [1.165, 1.54) is 6.07 Å². The molecule has 0 aliphatic rings. The molecule has 15 heavy (non-hydrogen) atoms. The molecule has 0 unspecified atom stereocenters. The van der Waals surface area contributed by atoms with Crippen LogP contribution in [-0.4, -0.2) is 12.7 Å². The van der Waals surface area contributed by atoms with Gasteiger partial charge in [0.05, 0.1) is 11.4 Å². The highest BCUT2D eigenvalue weighted by Gasteiger charge is 2.26. The van der Waals surface area contributed by atoms with Crippen molar-refractivity contribution in [2.24, 2.45) is 0 Å². The number of halogens is 4. The lowest BCUT2D eigenvalue weighted by atomic mass is 10.2. The van der Waals surface area contributed by atoms with Gasteiger partial charge in [-0.1, -0.05) is 15.9 Å². The van der Waals surface area contributed by atoms with E-state index in [2.05, 4.69) is 21.2 Å². The van der Waals surface area contributed by atoms with E-state index in [-0.39, 0.29) is 0 Å². The molecular weight excluding hydrogens is 273 g/mol. The van der Waals surface area contributed by atoms with Gasteiger partial charge in [-0.05, 0) is 24.6 Å². The summed E-state index contributed by atoms with van der Waals surface area (Å²) in [6.45, 7) is 0.649. The molecule has 1 rings (SSSR count). The second-order valence-corrected chi connectivity index (χ2v) is 3.96. The van der Waals surface area contributed by atoms with Gasteiger partial charge in [0, 0.05) is 4.47 Å². The van der Waals surface area contributed by atoms with Gasteiger partial charge in [-0.2, -0.15) is 13.2 Å². The molecule has 1 aromatic rings. The zero-order valence-corrected chi connectivity index (χ0v) is 9.54. The molecule has 3 N–H and O–H groups in total. The Morgan fingerprint density at radius 3 is 2.53 bits per heavy atom. The van der Waals surface area contributed by atoms with Crippen LogP contribution in [0.5, 0.6) is 0 Å². The first-order valence-corrected chi connectivity index (χ1v) is 4.96. The summed E-state index contributed by atoms with van der Waals surface area (Å²) in [6.07, 6.45) is -4.24. The van der Waals surface area contributed by atoms with Gasteiger partial charge in [0.25, 0.3) is 0 Å². The maximum absolute atomic E-state index is 11.9. The van der Waals surface area contributed by atoms with Crippen molar-refractivity contribution in [2.75, 3.05) is 17.6 Å². The summed E-state index contributed by atoms with van der Waals surface area (Å²) in [4.78, 5) is 0. The SMILES string of the molecule is Cc1c(Br)ccc(NCC(F)(F)F)c1N. The topological polar surface area (TPSA) is 38.0 Å². The molecule has 0 atom stereocenters. The maximum atomic E-state index is 11.9. The Labute approximate surface area is 93.8 Å². The highest BCUT2D eigenvalue weighted by Crippen LogP contribution is 2.29. The number of rotatable bonds is 2. The Morgan fingerprint density at radius 2 is 2.00 bits per heavy atom. The van der Waals surface area contributed by atoms with Crippen LogP contribution in [-0.2, 0) is 0 Å². The quantitative estimate of drug-likeness (QED) is 0.817. The normalized spacial score (nSPS) is 11.5. The van der Waals surface area contributed by atoms with Gasteiger partial charge >= 0.3 is 6.18 Å². The molecule has 0 aromatic heterocycles. The van der Waals surface area contributed by atoms with E-state index in [0.29, 0.717) is 11.4 Å². The first-order chi connectivity index (χ1) is 6.81. The van der Waals surface area contributed by atoms with Gasteiger partial charge in [0.1, 0.15) is 6.54 Å². The lowest BCUT2D eigenvalue weighted by Crippen LogP contribution is -2.21. The van der Waals surface area contributed by atoms with Gasteiger partial charge in [0.2, 0.25) is 0 Å². The molecule has 0 fully saturated rings. The third kappa shape index (κ3) is 3.30. The molecule has 0 amide bonds. The van der Waals surface area contributed by atoms with Gasteiger partial charge in [-0.3, -0.25) is 0 Å². The number of nitrogens with one attached hydrogen (secondary N) is 1. The average molecular weight is 283 g/mol. The monoisotopic (exact) mass is 282 g/mol. The second kappa shape index (κ2) is 4.30. The summed E-state index contributed by atoms with van der Waals surface area (Å²) >= 11 is 3.24. The van der Waals surface area contributed by atoms with Crippen molar-refractivity contribution in [1.82, 2.24) is 0 Å². The fourth-order valence-electron chi connectivity index (χ4n) is 1.05. The van der Waals surface area contributed by atoms with E-state index in [9.17, 15) is 13.2 Å². The van der Waals surface area contributed by atoms with Crippen LogP contribution < -0.4 is 11.1 Å². The molecule has 84 valence electrons. The molecule has 0 saturated heterocycles. The lowest BCUT2D eigenvalue weighted by Gasteiger charge is -2.13. The first kappa shape index (κ1) is 12.2. The van der Waals surface area contributed by atoms with Crippen LogP contribution in [0.15, 0.2) is 16.6 Å². The first-order valence-electron chi connectivity index (χ1n) is 4.16. The highest BCUT2D eigenvalue weighted by molar-refractivity contribution is 9.10. The van der Waals surface area contributed by atoms with Crippen LogP contribution >= 0.6 is 15.9 Å². The molecule has 0 heterocycles. The van der Waals surface area contributed by atoms with Crippen LogP contribution in [0.3, 0.4) is 0 Å². The molecule has 6 heteroatoms. The molecule has 0 bridgehead atoms. The van der Waals surface area contributed by atoms with E-state index in [1.807, 2.05) is 0 Å². The van der Waals surface area contributed by atoms with E-state index in [4.69, 9.17) is 5.73 Å². The fourth-order valence-corrected chi connectivity index (χ4v) is 1.40. The Morgan fingerprint density at radius 1 is 1.40 bits per heavy atom. The zero-order chi connectivity index (χ0) is 11.6. The van der Waals surface area contributed by atoms with Crippen LogP contribution in [0, 0.1) is 6.92 Å². The van der Waals surface area contributed by atoms with Gasteiger partial charge in [-0.25, -0.2) is 0 Å². The summed E-state index contributed by atoms with van der Waals surface area (Å²) in [5.41, 5.74) is 7.00. The highest BCUT2D eigenvalue weighted by atomic mass is 79.9. The molecule has 0 radical (unpaired) electrons. The number of benzene rings is 1. The summed E-state index contributed by atoms with van der Waals surface area (Å²) in [5.74, 6) is 0. The van der Waals surface area contributed by atoms with E-state index in [1.54, 1.807) is 13.0 Å². The van der Waals surface area contributed by atoms with Crippen LogP contribution in [0.4, 0.5) is 24.5 Å². The van der Waals surface area contributed by atoms with Crippen molar-refractivity contribution in [2.45, 2.75) is 13.1 Å². The smallest absolute Gasteiger partial charge is 0.397 e. The minimum absolute atomic E-state index is 0.299. The number of hydrogen-bond acceptors (Lipinski definition) is 2. The minimum Gasteiger partial charge on any atom is -0.397 e. The van der Waals surface area contributed by atoms with E-state index >= 15 is 0 Å². The summed E-state index contributed by atoms with van der Waals surface area (Å²) < 4.78 is 36.6. The standard InChI is InChI=1S/C9H10BrF3N2/c1-5-6(10)2-3-7(8(5)14)15-4-9(11,12)13/h2-3,15H,4,14H2,1H3. The zero-order valence-electron chi connectivity index (χ0n) is 7.95. The predicted molar refractivity (Wildman–Crippen MR) is 57.8 cm³/mol. The van der Waals surface area contributed by atoms with Crippen molar-refractivity contribution in [1.29, 1.82) is 0 Å². The predicted octanol–water partition coefficient (Wildman–Crippen LogP) is 3.31. The number of nitrogen functional groups attached to an aromatic ring is 1. The van der Waals surface area contributed by atoms with Gasteiger partial charge in [0.15, 0.2) is 0 Å². The Balaban J connectivity index is 2.83. The summed E-state index contributed by atoms with van der Waals surface area (Å²) in [6, 6.07) is 3.17. The number of nitrogens with two attached hydrogens (primary N) is 1. The molecular formula is C9H10BrF3N2. The van der Waals surface area contributed by atoms with Crippen molar-refractivity contribution >= 4 is 27.3 Å². The van der Waals surface area contributed by atoms with Crippen LogP contribution in [0.1, 0.15) is 5.56 Å². The molecule has 0 aliphatic carbocycles. The van der Waals surface area contributed by atoms with Gasteiger partial charge in [-0.15, -0.1) is 0 Å². The fraction of sp³-hybridized carbons (Fsp3) is 0.333. The third-order valence-electron chi connectivity index (χ3n) is 1.93. The summed E-state index contributed by atoms with van der Waals surface area (Å²) in [7, 11) is 0. The molecule has 0 saturated carbocycles. The molecule has 2 nitrogen and oxygen atoms in total. The van der Waals surface area contributed by atoms with Crippen molar-refractivity contribution < 1.29 is 13.2 Å². The van der Waals surface area contributed by atoms with Crippen molar-refractivity contribution in [3.8, 4) is 0 Å². The van der Waals surface area contributed by atoms with E-state index < -0.39 is 12.7 Å². The minimum atomic E-state index is -4.24. The molecule has 0 aliphatic heterocycles. The Hall–Kier alpha value is -0.910. The summed E-state index contributed by atoms with van der Waals surface area (Å²) in [5, 5.41) is 2.25. The Kier molecular flexibility index (Phi) is 3.49. The van der Waals surface area contributed by atoms with Crippen molar-refractivity contribution in [3.05, 3.63) is 22.2 Å². The van der Waals surface area contributed by atoms with Crippen LogP contribution in [0.25, 0.3) is 0 Å². The number of anilines is 2. The van der Waals surface area contributed by atoms with Gasteiger partial charge < -0.3 is 11.1 Å².